The first-order valence-corrected chi connectivity index (χ1v) is 8.61. The molecule has 2 atom stereocenters. The molecule has 0 radical (unpaired) electrons. The van der Waals surface area contributed by atoms with E-state index in [2.05, 4.69) is 33.0 Å². The Balaban J connectivity index is 2.09. The zero-order chi connectivity index (χ0) is 15.5. The van der Waals surface area contributed by atoms with E-state index < -0.39 is 0 Å². The lowest BCUT2D eigenvalue weighted by Gasteiger charge is -2.55. The standard InChI is InChI=1S/C18H28ClNO/c1-5-10-20-16-12-17(18(16,6-2)7-3)21-15-9-8-14(19)11-13(15)4/h8-9,11,16-17,20H,5-7,10,12H2,1-4H3. The largest absolute Gasteiger partial charge is 0.489 e. The fourth-order valence-electron chi connectivity index (χ4n) is 3.61. The lowest BCUT2D eigenvalue weighted by Crippen LogP contribution is -2.64. The van der Waals surface area contributed by atoms with Crippen LogP contribution in [0.5, 0.6) is 5.75 Å². The molecule has 1 saturated carbocycles. The molecule has 0 aromatic heterocycles. The van der Waals surface area contributed by atoms with Crippen LogP contribution in [0.15, 0.2) is 18.2 Å². The molecule has 1 aliphatic rings. The number of ether oxygens (including phenoxy) is 1. The average molecular weight is 310 g/mol. The molecule has 2 unspecified atom stereocenters. The Morgan fingerprint density at radius 3 is 2.57 bits per heavy atom. The van der Waals surface area contributed by atoms with Crippen LogP contribution in [0, 0.1) is 12.3 Å². The van der Waals surface area contributed by atoms with E-state index in [1.807, 2.05) is 18.2 Å². The van der Waals surface area contributed by atoms with E-state index in [-0.39, 0.29) is 5.41 Å². The summed E-state index contributed by atoms with van der Waals surface area (Å²) in [7, 11) is 0. The number of hydrogen-bond acceptors (Lipinski definition) is 2. The van der Waals surface area contributed by atoms with Gasteiger partial charge >= 0.3 is 0 Å². The molecular formula is C18H28ClNO. The molecule has 1 aromatic rings. The Hall–Kier alpha value is -0.730. The van der Waals surface area contributed by atoms with Crippen molar-refractivity contribution in [1.29, 1.82) is 0 Å². The molecule has 0 heterocycles. The van der Waals surface area contributed by atoms with Crippen LogP contribution < -0.4 is 10.1 Å². The maximum atomic E-state index is 6.35. The topological polar surface area (TPSA) is 21.3 Å². The predicted molar refractivity (Wildman–Crippen MR) is 90.3 cm³/mol. The van der Waals surface area contributed by atoms with Crippen LogP contribution >= 0.6 is 11.6 Å². The first-order chi connectivity index (χ1) is 10.1. The molecule has 1 fully saturated rings. The second kappa shape index (κ2) is 7.02. The third-order valence-corrected chi connectivity index (χ3v) is 5.38. The van der Waals surface area contributed by atoms with Crippen molar-refractivity contribution < 1.29 is 4.74 Å². The molecule has 0 amide bonds. The number of aryl methyl sites for hydroxylation is 1. The fraction of sp³-hybridized carbons (Fsp3) is 0.667. The lowest BCUT2D eigenvalue weighted by molar-refractivity contribution is -0.0860. The SMILES string of the molecule is CCCNC1CC(Oc2ccc(Cl)cc2C)C1(CC)CC. The maximum absolute atomic E-state index is 6.35. The summed E-state index contributed by atoms with van der Waals surface area (Å²) in [5, 5.41) is 4.47. The van der Waals surface area contributed by atoms with Crippen LogP contribution in [0.25, 0.3) is 0 Å². The van der Waals surface area contributed by atoms with Gasteiger partial charge in [0, 0.05) is 22.9 Å². The summed E-state index contributed by atoms with van der Waals surface area (Å²) in [5.41, 5.74) is 1.38. The van der Waals surface area contributed by atoms with Crippen LogP contribution in [0.3, 0.4) is 0 Å². The highest BCUT2D eigenvalue weighted by atomic mass is 35.5. The number of rotatable bonds is 7. The fourth-order valence-corrected chi connectivity index (χ4v) is 3.84. The highest BCUT2D eigenvalue weighted by Crippen LogP contribution is 2.49. The van der Waals surface area contributed by atoms with Crippen LogP contribution in [0.4, 0.5) is 0 Å². The molecule has 2 rings (SSSR count). The van der Waals surface area contributed by atoms with Crippen molar-refractivity contribution in [3.63, 3.8) is 0 Å². The number of hydrogen-bond donors (Lipinski definition) is 1. The van der Waals surface area contributed by atoms with E-state index in [9.17, 15) is 0 Å². The van der Waals surface area contributed by atoms with Gasteiger partial charge in [-0.1, -0.05) is 32.4 Å². The second-order valence-corrected chi connectivity index (χ2v) is 6.64. The summed E-state index contributed by atoms with van der Waals surface area (Å²) in [4.78, 5) is 0. The van der Waals surface area contributed by atoms with Crippen LogP contribution in [0.1, 0.15) is 52.0 Å². The Bertz CT molecular complexity index is 470. The van der Waals surface area contributed by atoms with Crippen LogP contribution in [-0.4, -0.2) is 18.7 Å². The normalized spacial score (nSPS) is 23.7. The smallest absolute Gasteiger partial charge is 0.122 e. The van der Waals surface area contributed by atoms with E-state index >= 15 is 0 Å². The van der Waals surface area contributed by atoms with Crippen molar-refractivity contribution in [2.24, 2.45) is 5.41 Å². The van der Waals surface area contributed by atoms with Crippen molar-refractivity contribution in [2.45, 2.75) is 65.5 Å². The third kappa shape index (κ3) is 3.22. The van der Waals surface area contributed by atoms with Gasteiger partial charge in [-0.2, -0.15) is 0 Å². The van der Waals surface area contributed by atoms with Crippen LogP contribution in [0.2, 0.25) is 5.02 Å². The Morgan fingerprint density at radius 1 is 1.29 bits per heavy atom. The highest BCUT2D eigenvalue weighted by Gasteiger charge is 2.54. The molecule has 0 saturated heterocycles. The minimum absolute atomic E-state index is 0.265. The van der Waals surface area contributed by atoms with Gasteiger partial charge in [-0.15, -0.1) is 0 Å². The minimum Gasteiger partial charge on any atom is -0.489 e. The van der Waals surface area contributed by atoms with E-state index in [0.29, 0.717) is 12.1 Å². The quantitative estimate of drug-likeness (QED) is 0.767. The third-order valence-electron chi connectivity index (χ3n) is 5.15. The molecule has 0 aliphatic heterocycles. The van der Waals surface area contributed by atoms with E-state index in [0.717, 1.165) is 42.1 Å². The summed E-state index contributed by atoms with van der Waals surface area (Å²) >= 11 is 6.03. The molecule has 3 heteroatoms. The predicted octanol–water partition coefficient (Wildman–Crippen LogP) is 4.97. The summed E-state index contributed by atoms with van der Waals surface area (Å²) < 4.78 is 6.35. The summed E-state index contributed by atoms with van der Waals surface area (Å²) in [6.07, 6.45) is 4.90. The number of nitrogens with one attached hydrogen (secondary N) is 1. The van der Waals surface area contributed by atoms with E-state index in [4.69, 9.17) is 16.3 Å². The minimum atomic E-state index is 0.265. The summed E-state index contributed by atoms with van der Waals surface area (Å²) in [5.74, 6) is 0.976. The molecule has 2 nitrogen and oxygen atoms in total. The van der Waals surface area contributed by atoms with Gasteiger partial charge in [0.2, 0.25) is 0 Å². The van der Waals surface area contributed by atoms with Gasteiger partial charge in [0.1, 0.15) is 11.9 Å². The van der Waals surface area contributed by atoms with Gasteiger partial charge in [-0.05, 0) is 56.5 Å². The molecule has 21 heavy (non-hydrogen) atoms. The van der Waals surface area contributed by atoms with Gasteiger partial charge in [-0.3, -0.25) is 0 Å². The van der Waals surface area contributed by atoms with Gasteiger partial charge in [0.25, 0.3) is 0 Å². The van der Waals surface area contributed by atoms with E-state index in [1.54, 1.807) is 0 Å². The molecule has 118 valence electrons. The van der Waals surface area contributed by atoms with Crippen molar-refractivity contribution >= 4 is 11.6 Å². The molecule has 0 bridgehead atoms. The Kier molecular flexibility index (Phi) is 5.56. The summed E-state index contributed by atoms with van der Waals surface area (Å²) in [6, 6.07) is 6.47. The number of benzene rings is 1. The first kappa shape index (κ1) is 16.6. The molecular weight excluding hydrogens is 282 g/mol. The average Bonchev–Trinajstić information content (AvgIpc) is 2.45. The monoisotopic (exact) mass is 309 g/mol. The van der Waals surface area contributed by atoms with Crippen molar-refractivity contribution in [3.8, 4) is 5.75 Å². The Labute approximate surface area is 134 Å². The van der Waals surface area contributed by atoms with Crippen molar-refractivity contribution in [3.05, 3.63) is 28.8 Å². The molecule has 0 spiro atoms. The van der Waals surface area contributed by atoms with Gasteiger partial charge < -0.3 is 10.1 Å². The first-order valence-electron chi connectivity index (χ1n) is 8.23. The molecule has 1 N–H and O–H groups in total. The lowest BCUT2D eigenvalue weighted by atomic mass is 9.58. The zero-order valence-corrected chi connectivity index (χ0v) is 14.5. The zero-order valence-electron chi connectivity index (χ0n) is 13.7. The molecule has 1 aromatic carbocycles. The van der Waals surface area contributed by atoms with Crippen LogP contribution in [-0.2, 0) is 0 Å². The van der Waals surface area contributed by atoms with Gasteiger partial charge in [0.15, 0.2) is 0 Å². The molecule has 1 aliphatic carbocycles. The second-order valence-electron chi connectivity index (χ2n) is 6.20. The Morgan fingerprint density at radius 2 is 2.00 bits per heavy atom. The van der Waals surface area contributed by atoms with Crippen molar-refractivity contribution in [2.75, 3.05) is 6.54 Å². The van der Waals surface area contributed by atoms with Crippen molar-refractivity contribution in [1.82, 2.24) is 5.32 Å². The summed E-state index contributed by atoms with van der Waals surface area (Å²) in [6.45, 7) is 9.95. The van der Waals surface area contributed by atoms with E-state index in [1.165, 1.54) is 6.42 Å². The van der Waals surface area contributed by atoms with Gasteiger partial charge in [0.05, 0.1) is 0 Å². The number of halogens is 1. The maximum Gasteiger partial charge on any atom is 0.122 e. The van der Waals surface area contributed by atoms with Gasteiger partial charge in [-0.25, -0.2) is 0 Å². The highest BCUT2D eigenvalue weighted by molar-refractivity contribution is 6.30.